The summed E-state index contributed by atoms with van der Waals surface area (Å²) in [6, 6.07) is -0.139. The molecule has 3 N–H and O–H groups in total. The number of nitrogens with zero attached hydrogens (tertiary/aromatic N) is 3. The molecule has 7 nitrogen and oxygen atoms in total. The lowest BCUT2D eigenvalue weighted by Gasteiger charge is -2.17. The molecule has 1 aliphatic rings. The monoisotopic (exact) mass is 239 g/mol. The highest BCUT2D eigenvalue weighted by Crippen LogP contribution is 2.22. The van der Waals surface area contributed by atoms with Crippen molar-refractivity contribution in [3.05, 3.63) is 28.6 Å². The number of rotatable bonds is 2. The molecular weight excluding hydrogens is 230 g/mol. The van der Waals surface area contributed by atoms with Crippen LogP contribution in [0.15, 0.2) is 23.8 Å². The molecule has 0 aliphatic heterocycles. The van der Waals surface area contributed by atoms with E-state index in [-0.39, 0.29) is 6.04 Å². The number of carbonyl (C=O) groups is 1. The minimum Gasteiger partial charge on any atom is -0.288 e. The number of nitrogens with one attached hydrogen (secondary N) is 2. The Morgan fingerprint density at radius 2 is 2.56 bits per heavy atom. The van der Waals surface area contributed by atoms with Crippen molar-refractivity contribution < 1.29 is 10.0 Å². The van der Waals surface area contributed by atoms with Gasteiger partial charge in [-0.2, -0.15) is 5.21 Å². The third-order valence-corrected chi connectivity index (χ3v) is 2.56. The smallest absolute Gasteiger partial charge is 0.270 e. The van der Waals surface area contributed by atoms with Gasteiger partial charge in [-0.25, -0.2) is 10.2 Å². The third-order valence-electron chi connectivity index (χ3n) is 2.28. The normalized spacial score (nSPS) is 19.3. The van der Waals surface area contributed by atoms with Crippen LogP contribution >= 0.6 is 12.2 Å². The Balaban J connectivity index is 2.22. The average molecular weight is 239 g/mol. The maximum atomic E-state index is 11.2. The van der Waals surface area contributed by atoms with Gasteiger partial charge in [0, 0.05) is 12.0 Å². The largest absolute Gasteiger partial charge is 0.288 e. The number of aromatic amines is 1. The quantitative estimate of drug-likeness (QED) is 0.391. The molecule has 0 radical (unpaired) electrons. The van der Waals surface area contributed by atoms with Crippen LogP contribution in [0, 0.1) is 4.77 Å². The molecule has 1 aromatic rings. The van der Waals surface area contributed by atoms with E-state index in [1.165, 1.54) is 0 Å². The fraction of sp³-hybridized carbons (Fsp3) is 0.250. The number of hydrogen-bond acceptors (Lipinski definition) is 5. The Morgan fingerprint density at radius 3 is 3.19 bits per heavy atom. The molecule has 0 aromatic carbocycles. The first-order valence-corrected chi connectivity index (χ1v) is 4.94. The van der Waals surface area contributed by atoms with Crippen LogP contribution in [-0.4, -0.2) is 31.3 Å². The number of H-pyrrole nitrogens is 1. The van der Waals surface area contributed by atoms with E-state index in [0.29, 0.717) is 16.8 Å². The molecule has 1 aromatic heterocycles. The number of hydrogen-bond donors (Lipinski definition) is 3. The maximum absolute atomic E-state index is 11.2. The third kappa shape index (κ3) is 1.92. The number of amides is 1. The van der Waals surface area contributed by atoms with Gasteiger partial charge in [0.2, 0.25) is 4.77 Å². The molecule has 84 valence electrons. The zero-order valence-electron chi connectivity index (χ0n) is 8.12. The zero-order valence-corrected chi connectivity index (χ0v) is 8.94. The van der Waals surface area contributed by atoms with Crippen LogP contribution in [0.5, 0.6) is 0 Å². The van der Waals surface area contributed by atoms with Gasteiger partial charge in [-0.1, -0.05) is 28.5 Å². The number of allylic oxidation sites excluding steroid dienone is 3. The molecule has 0 fully saturated rings. The van der Waals surface area contributed by atoms with Crippen LogP contribution in [-0.2, 0) is 4.79 Å². The summed E-state index contributed by atoms with van der Waals surface area (Å²) >= 11 is 4.95. The summed E-state index contributed by atoms with van der Waals surface area (Å²) in [6.07, 6.45) is 5.64. The van der Waals surface area contributed by atoms with E-state index in [1.54, 1.807) is 22.3 Å². The van der Waals surface area contributed by atoms with Crippen molar-refractivity contribution in [2.45, 2.75) is 12.5 Å². The molecule has 0 spiro atoms. The van der Waals surface area contributed by atoms with Gasteiger partial charge < -0.3 is 0 Å². The number of hydroxylamine groups is 1. The summed E-state index contributed by atoms with van der Waals surface area (Å²) in [5.74, 6) is -0.520. The summed E-state index contributed by atoms with van der Waals surface area (Å²) < 4.78 is 1.89. The molecule has 1 atom stereocenters. The Bertz CT molecular complexity index is 514. The van der Waals surface area contributed by atoms with Gasteiger partial charge in [0.05, 0.1) is 6.04 Å². The number of aromatic nitrogens is 4. The van der Waals surface area contributed by atoms with Gasteiger partial charge in [-0.3, -0.25) is 10.0 Å². The number of carbonyl (C=O) groups excluding carboxylic acids is 1. The van der Waals surface area contributed by atoms with E-state index >= 15 is 0 Å². The zero-order chi connectivity index (χ0) is 11.5. The van der Waals surface area contributed by atoms with Crippen molar-refractivity contribution in [2.75, 3.05) is 0 Å². The highest BCUT2D eigenvalue weighted by Gasteiger charge is 2.19. The standard InChI is InChI=1S/C8H9N5O2S/c14-7(10-15)5-2-1-3-6(4-5)13-8(16)9-11-12-13/h1-3,6,15H,4H2,(H,10,14)(H,9,12,16). The Hall–Kier alpha value is -1.80. The van der Waals surface area contributed by atoms with Crippen LogP contribution in [0.25, 0.3) is 0 Å². The lowest BCUT2D eigenvalue weighted by molar-refractivity contribution is -0.125. The highest BCUT2D eigenvalue weighted by atomic mass is 32.1. The Labute approximate surface area is 95.4 Å². The van der Waals surface area contributed by atoms with Gasteiger partial charge in [0.1, 0.15) is 0 Å². The Kier molecular flexibility index (Phi) is 2.93. The molecule has 1 aliphatic carbocycles. The van der Waals surface area contributed by atoms with Crippen molar-refractivity contribution in [3.8, 4) is 0 Å². The van der Waals surface area contributed by atoms with Gasteiger partial charge in [-0.15, -0.1) is 0 Å². The minimum absolute atomic E-state index is 0.139. The first-order chi connectivity index (χ1) is 7.72. The first-order valence-electron chi connectivity index (χ1n) is 4.53. The highest BCUT2D eigenvalue weighted by molar-refractivity contribution is 7.71. The molecule has 0 bridgehead atoms. The second kappa shape index (κ2) is 4.37. The second-order valence-corrected chi connectivity index (χ2v) is 3.61. The lowest BCUT2D eigenvalue weighted by atomic mass is 10.0. The Morgan fingerprint density at radius 1 is 1.75 bits per heavy atom. The van der Waals surface area contributed by atoms with Gasteiger partial charge in [-0.05, 0) is 12.2 Å². The second-order valence-electron chi connectivity index (χ2n) is 3.24. The average Bonchev–Trinajstić information content (AvgIpc) is 2.74. The van der Waals surface area contributed by atoms with E-state index < -0.39 is 5.91 Å². The first kappa shape index (κ1) is 10.7. The van der Waals surface area contributed by atoms with Crippen molar-refractivity contribution in [1.29, 1.82) is 0 Å². The predicted octanol–water partition coefficient (Wildman–Crippen LogP) is 0.268. The maximum Gasteiger partial charge on any atom is 0.270 e. The molecule has 1 amide bonds. The van der Waals surface area contributed by atoms with Crippen LogP contribution in [0.1, 0.15) is 12.5 Å². The molecule has 1 heterocycles. The van der Waals surface area contributed by atoms with Crippen molar-refractivity contribution in [1.82, 2.24) is 25.7 Å². The van der Waals surface area contributed by atoms with E-state index in [4.69, 9.17) is 17.4 Å². The molecule has 2 rings (SSSR count). The van der Waals surface area contributed by atoms with Crippen LogP contribution in [0.3, 0.4) is 0 Å². The molecule has 1 unspecified atom stereocenters. The van der Waals surface area contributed by atoms with E-state index in [9.17, 15) is 4.79 Å². The van der Waals surface area contributed by atoms with Crippen molar-refractivity contribution >= 4 is 18.1 Å². The van der Waals surface area contributed by atoms with E-state index in [0.717, 1.165) is 0 Å². The van der Waals surface area contributed by atoms with Gasteiger partial charge >= 0.3 is 0 Å². The van der Waals surface area contributed by atoms with E-state index in [2.05, 4.69) is 15.5 Å². The summed E-state index contributed by atoms with van der Waals surface area (Å²) in [6.45, 7) is 0. The molecular formula is C8H9N5O2S. The topological polar surface area (TPSA) is 95.8 Å². The summed E-state index contributed by atoms with van der Waals surface area (Å²) in [5, 5.41) is 18.4. The van der Waals surface area contributed by atoms with Crippen LogP contribution in [0.4, 0.5) is 0 Å². The van der Waals surface area contributed by atoms with E-state index in [1.807, 2.05) is 6.08 Å². The summed E-state index contributed by atoms with van der Waals surface area (Å²) in [5.41, 5.74) is 2.06. The summed E-state index contributed by atoms with van der Waals surface area (Å²) in [7, 11) is 0. The van der Waals surface area contributed by atoms with Crippen LogP contribution in [0.2, 0.25) is 0 Å². The fourth-order valence-corrected chi connectivity index (χ4v) is 1.72. The SMILES string of the molecule is O=C(NO)C1=CC=CC(n2[nH]nnc2=S)C1. The lowest BCUT2D eigenvalue weighted by Crippen LogP contribution is -2.24. The molecule has 0 saturated carbocycles. The minimum atomic E-state index is -0.520. The predicted molar refractivity (Wildman–Crippen MR) is 56.0 cm³/mol. The van der Waals surface area contributed by atoms with Gasteiger partial charge in [0.25, 0.3) is 5.91 Å². The van der Waals surface area contributed by atoms with Crippen LogP contribution < -0.4 is 5.48 Å². The van der Waals surface area contributed by atoms with Gasteiger partial charge in [0.15, 0.2) is 0 Å². The van der Waals surface area contributed by atoms with Crippen molar-refractivity contribution in [3.63, 3.8) is 0 Å². The molecule has 16 heavy (non-hydrogen) atoms. The molecule has 8 heteroatoms. The summed E-state index contributed by atoms with van der Waals surface area (Å²) in [4.78, 5) is 11.2. The fourth-order valence-electron chi connectivity index (χ4n) is 1.50. The molecule has 0 saturated heterocycles. The number of tetrazole rings is 1. The van der Waals surface area contributed by atoms with Crippen molar-refractivity contribution in [2.24, 2.45) is 0 Å².